The first kappa shape index (κ1) is 22.8. The maximum atomic E-state index is 11.9. The summed E-state index contributed by atoms with van der Waals surface area (Å²) in [6.07, 6.45) is 0.707. The second-order valence-electron chi connectivity index (χ2n) is 7.39. The lowest BCUT2D eigenvalue weighted by Crippen LogP contribution is -2.47. The van der Waals surface area contributed by atoms with Gasteiger partial charge in [-0.2, -0.15) is 0 Å². The first-order valence-electron chi connectivity index (χ1n) is 10.4. The fourth-order valence-electron chi connectivity index (χ4n) is 3.83. The molecule has 1 atom stereocenters. The summed E-state index contributed by atoms with van der Waals surface area (Å²) in [6.45, 7) is 5.45. The van der Waals surface area contributed by atoms with E-state index < -0.39 is 10.0 Å². The van der Waals surface area contributed by atoms with Gasteiger partial charge in [0.05, 0.1) is 32.1 Å². The number of hydrogen-bond acceptors (Lipinski definition) is 6. The van der Waals surface area contributed by atoms with Gasteiger partial charge in [-0.3, -0.25) is 9.89 Å². The first-order valence-corrected chi connectivity index (χ1v) is 12.0. The van der Waals surface area contributed by atoms with Gasteiger partial charge in [-0.05, 0) is 24.1 Å². The number of ether oxygens (including phenoxy) is 2. The van der Waals surface area contributed by atoms with Crippen LogP contribution in [-0.2, 0) is 14.8 Å². The molecule has 2 aliphatic rings. The molecule has 1 unspecified atom stereocenters. The monoisotopic (exact) mass is 439 g/mol. The van der Waals surface area contributed by atoms with Crippen molar-refractivity contribution in [2.45, 2.75) is 12.5 Å². The lowest BCUT2D eigenvalue weighted by Gasteiger charge is -2.35. The van der Waals surface area contributed by atoms with Crippen molar-refractivity contribution in [1.82, 2.24) is 19.8 Å². The molecule has 2 fully saturated rings. The first-order chi connectivity index (χ1) is 14.5. The summed E-state index contributed by atoms with van der Waals surface area (Å²) in [7, 11) is 0.318. The van der Waals surface area contributed by atoms with E-state index in [1.54, 1.807) is 18.5 Å². The molecule has 168 valence electrons. The number of methoxy groups -OCH3 is 1. The lowest BCUT2D eigenvalue weighted by atomic mass is 10.0. The second kappa shape index (κ2) is 10.9. The van der Waals surface area contributed by atoms with Crippen molar-refractivity contribution >= 4 is 16.0 Å². The minimum Gasteiger partial charge on any atom is -0.497 e. The smallest absolute Gasteiger partial charge is 0.214 e. The molecule has 9 nitrogen and oxygen atoms in total. The highest BCUT2D eigenvalue weighted by atomic mass is 32.2. The molecule has 1 aromatic rings. The highest BCUT2D eigenvalue weighted by Crippen LogP contribution is 2.23. The molecule has 10 heteroatoms. The van der Waals surface area contributed by atoms with Gasteiger partial charge in [0.1, 0.15) is 5.75 Å². The van der Waals surface area contributed by atoms with Crippen LogP contribution in [0, 0.1) is 0 Å². The third-order valence-electron chi connectivity index (χ3n) is 5.53. The van der Waals surface area contributed by atoms with Crippen molar-refractivity contribution in [3.8, 4) is 5.75 Å². The van der Waals surface area contributed by atoms with Crippen molar-refractivity contribution in [1.29, 1.82) is 0 Å². The Balaban J connectivity index is 1.57. The third-order valence-corrected chi connectivity index (χ3v) is 7.49. The van der Waals surface area contributed by atoms with Gasteiger partial charge in [-0.25, -0.2) is 12.7 Å². The summed E-state index contributed by atoms with van der Waals surface area (Å²) in [6, 6.07) is 8.31. The Morgan fingerprint density at radius 1 is 1.20 bits per heavy atom. The predicted molar refractivity (Wildman–Crippen MR) is 117 cm³/mol. The van der Waals surface area contributed by atoms with Crippen LogP contribution in [0.15, 0.2) is 29.3 Å². The molecular weight excluding hydrogens is 406 g/mol. The Labute approximate surface area is 179 Å². The number of rotatable bonds is 8. The molecule has 0 saturated carbocycles. The highest BCUT2D eigenvalue weighted by molar-refractivity contribution is 7.89. The quantitative estimate of drug-likeness (QED) is 0.443. The minimum absolute atomic E-state index is 0.164. The van der Waals surface area contributed by atoms with Crippen LogP contribution >= 0.6 is 0 Å². The number of morpholine rings is 1. The van der Waals surface area contributed by atoms with E-state index in [0.29, 0.717) is 38.6 Å². The number of aliphatic imine (C=N–C) groups is 1. The summed E-state index contributed by atoms with van der Waals surface area (Å²) in [4.78, 5) is 6.70. The standard InChI is InChI=1S/C20H33N5O4S/c1-21-20(22-8-10-25-9-3-15-30(25,26)27)23-16-19(24-11-13-29-14-12-24)17-4-6-18(28-2)7-5-17/h4-7,19H,3,8-16H2,1-2H3,(H2,21,22,23). The number of guanidine groups is 1. The van der Waals surface area contributed by atoms with Crippen molar-refractivity contribution in [2.24, 2.45) is 4.99 Å². The molecule has 30 heavy (non-hydrogen) atoms. The van der Waals surface area contributed by atoms with Crippen molar-refractivity contribution < 1.29 is 17.9 Å². The molecule has 0 spiro atoms. The van der Waals surface area contributed by atoms with Crippen LogP contribution in [0.5, 0.6) is 5.75 Å². The SMILES string of the molecule is CN=C(NCCN1CCCS1(=O)=O)NCC(c1ccc(OC)cc1)N1CCOCC1. The molecule has 0 aromatic heterocycles. The minimum atomic E-state index is -3.07. The van der Waals surface area contributed by atoms with Gasteiger partial charge >= 0.3 is 0 Å². The maximum Gasteiger partial charge on any atom is 0.214 e. The van der Waals surface area contributed by atoms with Crippen LogP contribution in [-0.4, -0.2) is 96.0 Å². The van der Waals surface area contributed by atoms with E-state index in [1.807, 2.05) is 12.1 Å². The normalized spacial score (nSPS) is 21.3. The van der Waals surface area contributed by atoms with E-state index in [-0.39, 0.29) is 11.8 Å². The largest absolute Gasteiger partial charge is 0.497 e. The van der Waals surface area contributed by atoms with Crippen LogP contribution in [0.4, 0.5) is 0 Å². The Kier molecular flexibility index (Phi) is 8.32. The van der Waals surface area contributed by atoms with Crippen LogP contribution in [0.2, 0.25) is 0 Å². The molecule has 0 amide bonds. The summed E-state index contributed by atoms with van der Waals surface area (Å²) in [5.74, 6) is 1.75. The molecule has 0 radical (unpaired) electrons. The number of nitrogens with zero attached hydrogens (tertiary/aromatic N) is 3. The lowest BCUT2D eigenvalue weighted by molar-refractivity contribution is 0.0170. The Hall–Kier alpha value is -1.88. The van der Waals surface area contributed by atoms with E-state index in [0.717, 1.165) is 32.1 Å². The summed E-state index contributed by atoms with van der Waals surface area (Å²) in [5, 5.41) is 6.63. The van der Waals surface area contributed by atoms with E-state index in [4.69, 9.17) is 9.47 Å². The third kappa shape index (κ3) is 6.07. The van der Waals surface area contributed by atoms with E-state index in [1.165, 1.54) is 5.56 Å². The van der Waals surface area contributed by atoms with Crippen molar-refractivity contribution in [3.63, 3.8) is 0 Å². The Bertz CT molecular complexity index is 794. The molecular formula is C20H33N5O4S. The van der Waals surface area contributed by atoms with Gasteiger partial charge in [-0.15, -0.1) is 0 Å². The molecule has 3 rings (SSSR count). The Morgan fingerprint density at radius 2 is 1.93 bits per heavy atom. The fraction of sp³-hybridized carbons (Fsp3) is 0.650. The van der Waals surface area contributed by atoms with Gasteiger partial charge in [0.2, 0.25) is 10.0 Å². The average molecular weight is 440 g/mol. The number of nitrogens with one attached hydrogen (secondary N) is 2. The fourth-order valence-corrected chi connectivity index (χ4v) is 5.36. The number of hydrogen-bond donors (Lipinski definition) is 2. The summed E-state index contributed by atoms with van der Waals surface area (Å²) < 4.78 is 36.2. The van der Waals surface area contributed by atoms with E-state index in [9.17, 15) is 8.42 Å². The molecule has 2 N–H and O–H groups in total. The van der Waals surface area contributed by atoms with Crippen LogP contribution in [0.25, 0.3) is 0 Å². The van der Waals surface area contributed by atoms with Gasteiger partial charge in [0, 0.05) is 46.3 Å². The molecule has 2 aliphatic heterocycles. The second-order valence-corrected chi connectivity index (χ2v) is 9.47. The summed E-state index contributed by atoms with van der Waals surface area (Å²) >= 11 is 0. The van der Waals surface area contributed by atoms with Crippen LogP contribution in [0.1, 0.15) is 18.0 Å². The van der Waals surface area contributed by atoms with Crippen LogP contribution in [0.3, 0.4) is 0 Å². The molecule has 0 aliphatic carbocycles. The molecule has 2 heterocycles. The zero-order valence-electron chi connectivity index (χ0n) is 17.8. The molecule has 2 saturated heterocycles. The zero-order chi connectivity index (χ0) is 21.4. The maximum absolute atomic E-state index is 11.9. The average Bonchev–Trinajstić information content (AvgIpc) is 3.11. The van der Waals surface area contributed by atoms with Gasteiger partial charge in [-0.1, -0.05) is 12.1 Å². The number of sulfonamides is 1. The van der Waals surface area contributed by atoms with Gasteiger partial charge in [0.25, 0.3) is 0 Å². The van der Waals surface area contributed by atoms with Crippen molar-refractivity contribution in [2.75, 3.05) is 72.4 Å². The predicted octanol–water partition coefficient (Wildman–Crippen LogP) is 0.269. The van der Waals surface area contributed by atoms with E-state index in [2.05, 4.69) is 32.7 Å². The van der Waals surface area contributed by atoms with Gasteiger partial charge in [0.15, 0.2) is 5.96 Å². The summed E-state index contributed by atoms with van der Waals surface area (Å²) in [5.41, 5.74) is 1.20. The van der Waals surface area contributed by atoms with Gasteiger partial charge < -0.3 is 20.1 Å². The highest BCUT2D eigenvalue weighted by Gasteiger charge is 2.27. The van der Waals surface area contributed by atoms with E-state index >= 15 is 0 Å². The van der Waals surface area contributed by atoms with Crippen LogP contribution < -0.4 is 15.4 Å². The topological polar surface area (TPSA) is 95.5 Å². The Morgan fingerprint density at radius 3 is 2.53 bits per heavy atom. The van der Waals surface area contributed by atoms with Crippen molar-refractivity contribution in [3.05, 3.63) is 29.8 Å². The number of benzene rings is 1. The molecule has 0 bridgehead atoms. The molecule has 1 aromatic carbocycles. The zero-order valence-corrected chi connectivity index (χ0v) is 18.7.